The number of β-amino-alcohol motifs (C(OH)–C–C–N with tert-alkyl or cyclic N) is 1. The summed E-state index contributed by atoms with van der Waals surface area (Å²) in [5.74, 6) is 0.925. The average molecular weight is 221 g/mol. The third-order valence-electron chi connectivity index (χ3n) is 3.05. The van der Waals surface area contributed by atoms with E-state index in [1.807, 2.05) is 20.0 Å². The molecule has 4 nitrogen and oxygen atoms in total. The lowest BCUT2D eigenvalue weighted by atomic mass is 10.1. The first-order valence-corrected chi connectivity index (χ1v) is 5.67. The van der Waals surface area contributed by atoms with Crippen LogP contribution in [0.1, 0.15) is 18.9 Å². The third kappa shape index (κ3) is 2.51. The maximum atomic E-state index is 9.90. The summed E-state index contributed by atoms with van der Waals surface area (Å²) >= 11 is 0. The van der Waals surface area contributed by atoms with Gasteiger partial charge in [0.05, 0.1) is 5.60 Å². The van der Waals surface area contributed by atoms with Gasteiger partial charge in [-0.15, -0.1) is 0 Å². The van der Waals surface area contributed by atoms with E-state index in [9.17, 15) is 5.11 Å². The molecule has 2 rings (SSSR count). The summed E-state index contributed by atoms with van der Waals surface area (Å²) in [6.07, 6.45) is 2.64. The Kier molecular flexibility index (Phi) is 3.12. The van der Waals surface area contributed by atoms with Crippen molar-refractivity contribution in [2.75, 3.05) is 25.5 Å². The van der Waals surface area contributed by atoms with E-state index in [1.54, 1.807) is 6.20 Å². The zero-order valence-electron chi connectivity index (χ0n) is 9.90. The van der Waals surface area contributed by atoms with Gasteiger partial charge in [-0.05, 0) is 19.4 Å². The van der Waals surface area contributed by atoms with Crippen LogP contribution in [0.25, 0.3) is 0 Å². The molecular weight excluding hydrogens is 202 g/mol. The minimum Gasteiger partial charge on any atom is -0.389 e. The second kappa shape index (κ2) is 4.39. The number of nitrogens with one attached hydrogen (secondary N) is 1. The van der Waals surface area contributed by atoms with Gasteiger partial charge in [-0.1, -0.05) is 6.07 Å². The Morgan fingerprint density at radius 3 is 3.06 bits per heavy atom. The summed E-state index contributed by atoms with van der Waals surface area (Å²) in [5, 5.41) is 13.0. The summed E-state index contributed by atoms with van der Waals surface area (Å²) in [6, 6.07) is 4.02. The second-order valence-electron chi connectivity index (χ2n) is 4.72. The summed E-state index contributed by atoms with van der Waals surface area (Å²) in [4.78, 5) is 6.54. The van der Waals surface area contributed by atoms with Crippen LogP contribution in [0.3, 0.4) is 0 Å². The van der Waals surface area contributed by atoms with Crippen molar-refractivity contribution >= 4 is 5.82 Å². The van der Waals surface area contributed by atoms with Crippen molar-refractivity contribution in [3.8, 4) is 0 Å². The van der Waals surface area contributed by atoms with Crippen LogP contribution in [-0.4, -0.2) is 40.7 Å². The molecule has 88 valence electrons. The van der Waals surface area contributed by atoms with E-state index in [0.717, 1.165) is 31.9 Å². The van der Waals surface area contributed by atoms with Crippen molar-refractivity contribution in [3.63, 3.8) is 0 Å². The van der Waals surface area contributed by atoms with Gasteiger partial charge in [-0.2, -0.15) is 0 Å². The first-order valence-electron chi connectivity index (χ1n) is 5.67. The van der Waals surface area contributed by atoms with Crippen molar-refractivity contribution < 1.29 is 5.11 Å². The van der Waals surface area contributed by atoms with Crippen molar-refractivity contribution in [1.29, 1.82) is 0 Å². The van der Waals surface area contributed by atoms with E-state index < -0.39 is 5.60 Å². The maximum Gasteiger partial charge on any atom is 0.130 e. The molecule has 2 N–H and O–H groups in total. The van der Waals surface area contributed by atoms with Crippen LogP contribution in [-0.2, 0) is 6.54 Å². The fraction of sp³-hybridized carbons (Fsp3) is 0.583. The summed E-state index contributed by atoms with van der Waals surface area (Å²) in [6.45, 7) is 4.44. The molecular formula is C12H19N3O. The Bertz CT molecular complexity index is 365. The molecule has 1 aromatic rings. The van der Waals surface area contributed by atoms with Crippen molar-refractivity contribution in [3.05, 3.63) is 23.9 Å². The van der Waals surface area contributed by atoms with Crippen molar-refractivity contribution in [1.82, 2.24) is 9.88 Å². The molecule has 1 aliphatic heterocycles. The maximum absolute atomic E-state index is 9.90. The smallest absolute Gasteiger partial charge is 0.130 e. The minimum absolute atomic E-state index is 0.526. The lowest BCUT2D eigenvalue weighted by Gasteiger charge is -2.19. The highest BCUT2D eigenvalue weighted by Gasteiger charge is 2.31. The van der Waals surface area contributed by atoms with Gasteiger partial charge in [-0.25, -0.2) is 4.98 Å². The van der Waals surface area contributed by atoms with Crippen LogP contribution >= 0.6 is 0 Å². The van der Waals surface area contributed by atoms with Crippen LogP contribution in [0.2, 0.25) is 0 Å². The predicted molar refractivity (Wildman–Crippen MR) is 64.3 cm³/mol. The monoisotopic (exact) mass is 221 g/mol. The topological polar surface area (TPSA) is 48.4 Å². The molecule has 0 bridgehead atoms. The highest BCUT2D eigenvalue weighted by molar-refractivity contribution is 5.42. The van der Waals surface area contributed by atoms with Crippen LogP contribution in [0.15, 0.2) is 18.3 Å². The van der Waals surface area contributed by atoms with E-state index in [1.165, 1.54) is 5.56 Å². The number of pyridine rings is 1. The molecule has 0 aromatic carbocycles. The molecule has 1 fully saturated rings. The van der Waals surface area contributed by atoms with Crippen LogP contribution in [0, 0.1) is 0 Å². The molecule has 1 aliphatic rings. The normalized spacial score (nSPS) is 25.9. The van der Waals surface area contributed by atoms with Gasteiger partial charge >= 0.3 is 0 Å². The lowest BCUT2D eigenvalue weighted by Crippen LogP contribution is -2.29. The van der Waals surface area contributed by atoms with Crippen molar-refractivity contribution in [2.45, 2.75) is 25.5 Å². The first kappa shape index (κ1) is 11.4. The van der Waals surface area contributed by atoms with Crippen molar-refractivity contribution in [2.24, 2.45) is 0 Å². The number of hydrogen-bond acceptors (Lipinski definition) is 4. The quantitative estimate of drug-likeness (QED) is 0.802. The van der Waals surface area contributed by atoms with E-state index >= 15 is 0 Å². The number of rotatable bonds is 3. The largest absolute Gasteiger partial charge is 0.389 e. The molecule has 1 aromatic heterocycles. The van der Waals surface area contributed by atoms with Crippen LogP contribution in [0.4, 0.5) is 5.82 Å². The standard InChI is InChI=1S/C12H19N3O/c1-12(16)5-7-15(9-12)8-10-4-3-6-14-11(10)13-2/h3-4,6,16H,5,7-9H2,1-2H3,(H,13,14). The number of hydrogen-bond donors (Lipinski definition) is 2. The SMILES string of the molecule is CNc1ncccc1CN1CCC(C)(O)C1. The highest BCUT2D eigenvalue weighted by Crippen LogP contribution is 2.23. The predicted octanol–water partition coefficient (Wildman–Crippen LogP) is 1.08. The summed E-state index contributed by atoms with van der Waals surface area (Å²) in [7, 11) is 1.88. The molecule has 0 aliphatic carbocycles. The van der Waals surface area contributed by atoms with E-state index in [0.29, 0.717) is 0 Å². The highest BCUT2D eigenvalue weighted by atomic mass is 16.3. The fourth-order valence-corrected chi connectivity index (χ4v) is 2.21. The number of nitrogens with zero attached hydrogens (tertiary/aromatic N) is 2. The number of anilines is 1. The van der Waals surface area contributed by atoms with E-state index in [-0.39, 0.29) is 0 Å². The Hall–Kier alpha value is -1.13. The number of likely N-dealkylation sites (tertiary alicyclic amines) is 1. The minimum atomic E-state index is -0.526. The zero-order valence-corrected chi connectivity index (χ0v) is 9.90. The molecule has 4 heteroatoms. The van der Waals surface area contributed by atoms with Gasteiger partial charge in [0.2, 0.25) is 0 Å². The van der Waals surface area contributed by atoms with Gasteiger partial charge in [-0.3, -0.25) is 4.90 Å². The fourth-order valence-electron chi connectivity index (χ4n) is 2.21. The molecule has 1 atom stereocenters. The van der Waals surface area contributed by atoms with Gasteiger partial charge in [0, 0.05) is 38.4 Å². The second-order valence-corrected chi connectivity index (χ2v) is 4.72. The van der Waals surface area contributed by atoms with Crippen LogP contribution < -0.4 is 5.32 Å². The molecule has 2 heterocycles. The molecule has 1 unspecified atom stereocenters. The zero-order chi connectivity index (χ0) is 11.6. The molecule has 0 radical (unpaired) electrons. The molecule has 1 saturated heterocycles. The molecule has 0 spiro atoms. The molecule has 0 saturated carbocycles. The first-order chi connectivity index (χ1) is 7.61. The third-order valence-corrected chi connectivity index (χ3v) is 3.05. The van der Waals surface area contributed by atoms with Crippen LogP contribution in [0.5, 0.6) is 0 Å². The average Bonchev–Trinajstić information content (AvgIpc) is 2.59. The van der Waals surface area contributed by atoms with Gasteiger partial charge in [0.1, 0.15) is 5.82 Å². The van der Waals surface area contributed by atoms with E-state index in [4.69, 9.17) is 0 Å². The summed E-state index contributed by atoms with van der Waals surface area (Å²) < 4.78 is 0. The van der Waals surface area contributed by atoms with Gasteiger partial charge < -0.3 is 10.4 Å². The number of aromatic nitrogens is 1. The molecule has 0 amide bonds. The van der Waals surface area contributed by atoms with E-state index in [2.05, 4.69) is 21.3 Å². The van der Waals surface area contributed by atoms with Gasteiger partial charge in [0.15, 0.2) is 0 Å². The number of aliphatic hydroxyl groups is 1. The lowest BCUT2D eigenvalue weighted by molar-refractivity contribution is 0.0679. The molecule has 16 heavy (non-hydrogen) atoms. The Morgan fingerprint density at radius 2 is 2.44 bits per heavy atom. The Morgan fingerprint density at radius 1 is 1.62 bits per heavy atom. The summed E-state index contributed by atoms with van der Waals surface area (Å²) in [5.41, 5.74) is 0.657. The van der Waals surface area contributed by atoms with Gasteiger partial charge in [0.25, 0.3) is 0 Å². The Balaban J connectivity index is 2.04. The Labute approximate surface area is 96.3 Å².